The predicted molar refractivity (Wildman–Crippen MR) is 149 cm³/mol. The lowest BCUT2D eigenvalue weighted by atomic mass is 9.46. The number of carbonyl (C=O) groups excluding carboxylic acids is 3. The van der Waals surface area contributed by atoms with E-state index in [1.165, 1.54) is 17.9 Å². The Morgan fingerprint density at radius 3 is 2.41 bits per heavy atom. The second-order valence-electron chi connectivity index (χ2n) is 12.2. The van der Waals surface area contributed by atoms with Crippen LogP contribution in [-0.4, -0.2) is 73.1 Å². The highest BCUT2D eigenvalue weighted by Crippen LogP contribution is 2.63. The maximum Gasteiger partial charge on any atom is 0.255 e. The van der Waals surface area contributed by atoms with Crippen molar-refractivity contribution in [3.63, 3.8) is 0 Å². The molecule has 11 nitrogen and oxygen atoms in total. The number of amides is 1. The van der Waals surface area contributed by atoms with Crippen molar-refractivity contribution in [2.24, 2.45) is 23.6 Å². The number of phenolic OH excluding ortho intramolecular Hbond substituents is 1. The number of hydrogen-bond acceptors (Lipinski definition) is 9. The Kier molecular flexibility index (Phi) is 6.49. The first-order valence-electron chi connectivity index (χ1n) is 13.4. The first-order valence-corrected chi connectivity index (χ1v) is 13.4. The van der Waals surface area contributed by atoms with E-state index in [4.69, 9.17) is 5.73 Å². The molecule has 0 saturated heterocycles. The molecule has 0 aliphatic heterocycles. The normalized spacial score (nSPS) is 29.5. The molecule has 0 radical (unpaired) electrons. The van der Waals surface area contributed by atoms with Gasteiger partial charge in [-0.15, -0.1) is 0 Å². The summed E-state index contributed by atoms with van der Waals surface area (Å²) in [5.74, 6) is -4.97. The van der Waals surface area contributed by atoms with Gasteiger partial charge in [0.2, 0.25) is 5.78 Å². The van der Waals surface area contributed by atoms with Crippen molar-refractivity contribution in [3.05, 3.63) is 69.8 Å². The van der Waals surface area contributed by atoms with Crippen molar-refractivity contribution in [1.29, 1.82) is 0 Å². The fraction of sp³-hybridized carbons (Fsp3) is 0.433. The van der Waals surface area contributed by atoms with Gasteiger partial charge in [0.15, 0.2) is 11.4 Å². The minimum Gasteiger partial charge on any atom is -0.508 e. The van der Waals surface area contributed by atoms with E-state index in [-0.39, 0.29) is 29.7 Å². The second kappa shape index (κ2) is 9.30. The summed E-state index contributed by atoms with van der Waals surface area (Å²) in [6.45, 7) is 4.28. The van der Waals surface area contributed by atoms with Gasteiger partial charge in [-0.25, -0.2) is 0 Å². The molecule has 3 aliphatic carbocycles. The summed E-state index contributed by atoms with van der Waals surface area (Å²) in [6.07, 6.45) is 2.14. The number of fused-ring (bicyclic) bond motifs is 3. The van der Waals surface area contributed by atoms with E-state index in [0.29, 0.717) is 18.7 Å². The van der Waals surface area contributed by atoms with Gasteiger partial charge in [0.1, 0.15) is 22.8 Å². The van der Waals surface area contributed by atoms with Gasteiger partial charge in [0.05, 0.1) is 11.6 Å². The van der Waals surface area contributed by atoms with E-state index in [1.54, 1.807) is 27.1 Å². The van der Waals surface area contributed by atoms with Crippen LogP contribution in [0.5, 0.6) is 5.75 Å². The molecule has 1 heterocycles. The third kappa shape index (κ3) is 3.79. The maximum atomic E-state index is 14.3. The number of ketones is 2. The smallest absolute Gasteiger partial charge is 0.255 e. The highest BCUT2D eigenvalue weighted by atomic mass is 16.3. The molecular formula is C30H36N4O7. The number of aliphatic hydroxyl groups excluding tert-OH is 2. The third-order valence-corrected chi connectivity index (χ3v) is 9.29. The molecule has 11 heteroatoms. The molecule has 218 valence electrons. The standard InChI is InChI=1S/C30H36N4O7/c1-28-11-17-15(12-32-13-16-7-6-10-34(16)5)8-9-18(35)19(17)22(36)21(28)26(39)30(41)25(38)20(27(31)40)23(37)24(33(3)4)29(30,2)14-28/h6-10,24,32,35-36,38,41H,11-14H2,1-5H3,(H2,31,40)/t24-,28+,29+,30-/m1/s1. The molecule has 2 aromatic rings. The fourth-order valence-corrected chi connectivity index (χ4v) is 7.56. The van der Waals surface area contributed by atoms with Crippen molar-refractivity contribution >= 4 is 23.2 Å². The van der Waals surface area contributed by atoms with Gasteiger partial charge in [-0.2, -0.15) is 0 Å². The van der Waals surface area contributed by atoms with Crippen LogP contribution < -0.4 is 11.1 Å². The molecule has 4 atom stereocenters. The first kappa shape index (κ1) is 28.6. The molecule has 7 N–H and O–H groups in total. The number of aromatic nitrogens is 1. The summed E-state index contributed by atoms with van der Waals surface area (Å²) in [6, 6.07) is 5.96. The SMILES string of the molecule is CN(C)[C@@H]1C(=O)C(C(N)=O)=C(O)[C@@]2(O)C(=O)C3=C(O)c4c(O)ccc(CNCc5cccn5C)c4C[C@@]3(C)C[C@@]12C. The summed E-state index contributed by atoms with van der Waals surface area (Å²) in [5.41, 5.74) is 1.54. The number of nitrogens with zero attached hydrogens (tertiary/aromatic N) is 2. The number of nitrogens with one attached hydrogen (secondary N) is 1. The highest BCUT2D eigenvalue weighted by molar-refractivity contribution is 6.25. The molecule has 0 unspecified atom stereocenters. The zero-order chi connectivity index (χ0) is 30.2. The van der Waals surface area contributed by atoms with Gasteiger partial charge in [-0.1, -0.05) is 19.9 Å². The summed E-state index contributed by atoms with van der Waals surface area (Å²) in [7, 11) is 5.11. The number of aromatic hydroxyl groups is 1. The van der Waals surface area contributed by atoms with Crippen LogP contribution in [0.25, 0.3) is 5.76 Å². The summed E-state index contributed by atoms with van der Waals surface area (Å²) in [5, 5.41) is 49.0. The number of hydrogen-bond donors (Lipinski definition) is 6. The number of primary amides is 1. The minimum atomic E-state index is -2.73. The van der Waals surface area contributed by atoms with Crippen molar-refractivity contribution in [2.75, 3.05) is 14.1 Å². The van der Waals surface area contributed by atoms with Gasteiger partial charge in [-0.3, -0.25) is 19.3 Å². The van der Waals surface area contributed by atoms with Crippen LogP contribution >= 0.6 is 0 Å². The lowest BCUT2D eigenvalue weighted by Gasteiger charge is -2.59. The average molecular weight is 565 g/mol. The van der Waals surface area contributed by atoms with Crippen molar-refractivity contribution in [2.45, 2.75) is 51.4 Å². The number of benzene rings is 1. The Hall–Kier alpha value is -3.93. The van der Waals surface area contributed by atoms with Gasteiger partial charge in [-0.05, 0) is 56.3 Å². The van der Waals surface area contributed by atoms with Crippen molar-refractivity contribution in [3.8, 4) is 5.75 Å². The minimum absolute atomic E-state index is 0.0162. The summed E-state index contributed by atoms with van der Waals surface area (Å²) >= 11 is 0. The third-order valence-electron chi connectivity index (χ3n) is 9.29. The molecule has 1 saturated carbocycles. The van der Waals surface area contributed by atoms with E-state index in [9.17, 15) is 34.8 Å². The molecule has 3 aliphatic rings. The number of rotatable bonds is 6. The van der Waals surface area contributed by atoms with E-state index >= 15 is 0 Å². The largest absolute Gasteiger partial charge is 0.508 e. The number of nitrogens with two attached hydrogens (primary N) is 1. The number of likely N-dealkylation sites (N-methyl/N-ethyl adjacent to an activating group) is 1. The highest BCUT2D eigenvalue weighted by Gasteiger charge is 2.72. The van der Waals surface area contributed by atoms with E-state index in [1.807, 2.05) is 29.9 Å². The van der Waals surface area contributed by atoms with Gasteiger partial charge >= 0.3 is 0 Å². The van der Waals surface area contributed by atoms with Crippen LogP contribution in [0.2, 0.25) is 0 Å². The van der Waals surface area contributed by atoms with Crippen molar-refractivity contribution < 1.29 is 34.8 Å². The van der Waals surface area contributed by atoms with Gasteiger partial charge < -0.3 is 36.0 Å². The monoisotopic (exact) mass is 564 g/mol. The van der Waals surface area contributed by atoms with E-state index in [2.05, 4.69) is 5.32 Å². The molecule has 0 bridgehead atoms. The van der Waals surface area contributed by atoms with E-state index in [0.717, 1.165) is 11.3 Å². The summed E-state index contributed by atoms with van der Waals surface area (Å²) in [4.78, 5) is 41.5. The van der Waals surface area contributed by atoms with Crippen LogP contribution in [0.4, 0.5) is 0 Å². The fourth-order valence-electron chi connectivity index (χ4n) is 7.56. The van der Waals surface area contributed by atoms with Crippen molar-refractivity contribution in [1.82, 2.24) is 14.8 Å². The molecular weight excluding hydrogens is 528 g/mol. The predicted octanol–water partition coefficient (Wildman–Crippen LogP) is 1.37. The van der Waals surface area contributed by atoms with Crippen LogP contribution in [0.15, 0.2) is 47.4 Å². The van der Waals surface area contributed by atoms with Crippen LogP contribution in [-0.2, 0) is 40.9 Å². The zero-order valence-electron chi connectivity index (χ0n) is 23.8. The number of Topliss-reactive ketones (excluding diaryl/α,β-unsaturated/α-hetero) is 2. The molecule has 1 fully saturated rings. The number of carbonyl (C=O) groups is 3. The van der Waals surface area contributed by atoms with Gasteiger partial charge in [0, 0.05) is 48.4 Å². The topological polar surface area (TPSA) is 178 Å². The molecule has 5 rings (SSSR count). The average Bonchev–Trinajstić information content (AvgIpc) is 3.26. The Balaban J connectivity index is 1.66. The van der Waals surface area contributed by atoms with Crippen LogP contribution in [0.3, 0.4) is 0 Å². The second-order valence-corrected chi connectivity index (χ2v) is 12.2. The molecule has 1 aromatic carbocycles. The lowest BCUT2D eigenvalue weighted by molar-refractivity contribution is -0.176. The Bertz CT molecular complexity index is 1570. The maximum absolute atomic E-state index is 14.3. The number of aliphatic hydroxyl groups is 3. The van der Waals surface area contributed by atoms with Crippen LogP contribution in [0.1, 0.15) is 42.7 Å². The van der Waals surface area contributed by atoms with E-state index < -0.39 is 57.0 Å². The molecule has 1 aromatic heterocycles. The number of aryl methyl sites for hydroxylation is 1. The Morgan fingerprint density at radius 1 is 1.15 bits per heavy atom. The summed E-state index contributed by atoms with van der Waals surface area (Å²) < 4.78 is 2.00. The Labute approximate surface area is 237 Å². The first-order chi connectivity index (χ1) is 19.1. The van der Waals surface area contributed by atoms with Crippen LogP contribution in [0, 0.1) is 10.8 Å². The zero-order valence-corrected chi connectivity index (χ0v) is 23.8. The number of phenols is 1. The lowest BCUT2D eigenvalue weighted by Crippen LogP contribution is -2.72. The van der Waals surface area contributed by atoms with Gasteiger partial charge in [0.25, 0.3) is 5.91 Å². The quantitative estimate of drug-likeness (QED) is 0.283. The molecule has 0 spiro atoms. The Morgan fingerprint density at radius 2 is 1.83 bits per heavy atom. The molecule has 41 heavy (non-hydrogen) atoms. The molecule has 1 amide bonds.